The van der Waals surface area contributed by atoms with Crippen molar-refractivity contribution < 1.29 is 52.8 Å². The highest BCUT2D eigenvalue weighted by molar-refractivity contribution is 7.92. The number of amides is 4. The number of sulfonamides is 4. The van der Waals surface area contributed by atoms with Crippen LogP contribution in [0.5, 0.6) is 0 Å². The molecule has 16 rings (SSSR count). The van der Waals surface area contributed by atoms with E-state index in [1.807, 2.05) is 68.1 Å². The smallest absolute Gasteiger partial charge is 0.270 e. The van der Waals surface area contributed by atoms with E-state index in [-0.39, 0.29) is 23.6 Å². The van der Waals surface area contributed by atoms with Gasteiger partial charge in [0.15, 0.2) is 23.3 Å². The molecule has 4 amide bonds. The number of anilines is 12. The molecule has 0 radical (unpaired) electrons. The van der Waals surface area contributed by atoms with Crippen molar-refractivity contribution in [2.45, 2.75) is 79.6 Å². The molecule has 12 heterocycles. The number of carbonyl (C=O) groups is 4. The van der Waals surface area contributed by atoms with Crippen LogP contribution in [0.3, 0.4) is 0 Å². The maximum Gasteiger partial charge on any atom is 0.270 e. The Morgan fingerprint density at radius 3 is 0.641 bits per heavy atom. The SMILES string of the molecule is CC(C)Nc1cccnc1N1CCN(C(=O)c2cc3cc(NS(C)(=O)=O)ccc3[nH]2)CC1.CC(C)Nc1cccnc1N1CCN(C(=O)c2cc3cc(NS(C)(=O)=O)ccc3[nH]2)CC1.CC(C)Nc1cccnc1N1CCN(C(=O)c2cc3cc(NS(C)(=O)=O)ccc3[nH]2)CC1.CC(C)Nc1cccnc1N1CCN(C(=O)c2cc3cc(NS(C)(=O)=O)ccc3[nH]2)CC1. The first-order valence-electron chi connectivity index (χ1n) is 42.2. The van der Waals surface area contributed by atoms with Crippen molar-refractivity contribution >= 4 is 176 Å². The van der Waals surface area contributed by atoms with E-state index in [2.05, 4.69) is 155 Å². The molecular formula is C88H112N24O12S4. The summed E-state index contributed by atoms with van der Waals surface area (Å²) in [4.78, 5) is 99.2. The van der Waals surface area contributed by atoms with Crippen LogP contribution in [0.4, 0.5) is 68.8 Å². The van der Waals surface area contributed by atoms with E-state index < -0.39 is 40.1 Å². The third-order valence-electron chi connectivity index (χ3n) is 21.0. The molecule has 0 bridgehead atoms. The molecule has 40 heteroatoms. The third kappa shape index (κ3) is 24.8. The average molecular weight is 1830 g/mol. The number of carbonyl (C=O) groups excluding carboxylic acids is 4. The van der Waals surface area contributed by atoms with Crippen molar-refractivity contribution in [1.29, 1.82) is 0 Å². The van der Waals surface area contributed by atoms with E-state index in [4.69, 9.17) is 0 Å². The van der Waals surface area contributed by atoms with E-state index in [9.17, 15) is 52.8 Å². The van der Waals surface area contributed by atoms with Crippen LogP contribution in [0.15, 0.2) is 170 Å². The van der Waals surface area contributed by atoms with Gasteiger partial charge >= 0.3 is 0 Å². The minimum Gasteiger partial charge on any atom is -0.380 e. The van der Waals surface area contributed by atoms with Gasteiger partial charge in [0.1, 0.15) is 22.8 Å². The van der Waals surface area contributed by atoms with Gasteiger partial charge < -0.3 is 80.4 Å². The predicted molar refractivity (Wildman–Crippen MR) is 512 cm³/mol. The largest absolute Gasteiger partial charge is 0.380 e. The van der Waals surface area contributed by atoms with Crippen LogP contribution in [0.2, 0.25) is 0 Å². The van der Waals surface area contributed by atoms with Crippen LogP contribution in [-0.2, 0) is 40.1 Å². The molecule has 36 nitrogen and oxygen atoms in total. The van der Waals surface area contributed by atoms with Gasteiger partial charge in [-0.15, -0.1) is 0 Å². The maximum absolute atomic E-state index is 13.1. The van der Waals surface area contributed by atoms with Gasteiger partial charge in [-0.2, -0.15) is 0 Å². The summed E-state index contributed by atoms with van der Waals surface area (Å²) >= 11 is 0. The fraction of sp³-hybridized carbons (Fsp3) is 0.364. The highest BCUT2D eigenvalue weighted by Crippen LogP contribution is 2.33. The van der Waals surface area contributed by atoms with Crippen LogP contribution in [0.1, 0.15) is 97.3 Å². The zero-order valence-corrected chi connectivity index (χ0v) is 77.0. The Morgan fingerprint density at radius 1 is 0.281 bits per heavy atom. The lowest BCUT2D eigenvalue weighted by atomic mass is 10.2. The Balaban J connectivity index is 0.000000146. The second-order valence-electron chi connectivity index (χ2n) is 33.2. The van der Waals surface area contributed by atoms with Crippen molar-refractivity contribution in [3.8, 4) is 0 Å². The molecular weight excluding hydrogens is 1710 g/mol. The van der Waals surface area contributed by atoms with Crippen molar-refractivity contribution in [2.24, 2.45) is 0 Å². The zero-order chi connectivity index (χ0) is 91.5. The Hall–Kier alpha value is -13.1. The number of hydrogen-bond acceptors (Lipinski definition) is 24. The molecule has 4 saturated heterocycles. The highest BCUT2D eigenvalue weighted by atomic mass is 32.2. The van der Waals surface area contributed by atoms with Crippen molar-refractivity contribution in [2.75, 3.05) is 189 Å². The summed E-state index contributed by atoms with van der Waals surface area (Å²) in [6.07, 6.45) is 11.6. The maximum atomic E-state index is 13.1. The molecule has 4 fully saturated rings. The van der Waals surface area contributed by atoms with Gasteiger partial charge in [-0.3, -0.25) is 38.1 Å². The summed E-state index contributed by atoms with van der Waals surface area (Å²) in [5, 5.41) is 16.8. The molecule has 4 aliphatic heterocycles. The average Bonchev–Trinajstić information content (AvgIpc) is 1.78. The number of nitrogens with one attached hydrogen (secondary N) is 12. The molecule has 12 aromatic rings. The predicted octanol–water partition coefficient (Wildman–Crippen LogP) is 10.9. The molecule has 680 valence electrons. The Morgan fingerprint density at radius 2 is 0.469 bits per heavy atom. The summed E-state index contributed by atoms with van der Waals surface area (Å²) in [5.74, 6) is 3.35. The lowest BCUT2D eigenvalue weighted by molar-refractivity contribution is 0.0734. The lowest BCUT2D eigenvalue weighted by Gasteiger charge is -2.36. The number of hydrogen-bond donors (Lipinski definition) is 12. The molecule has 0 unspecified atom stereocenters. The van der Waals surface area contributed by atoms with Crippen LogP contribution in [-0.4, -0.2) is 271 Å². The second kappa shape index (κ2) is 39.9. The minimum absolute atomic E-state index is 0.0694. The fourth-order valence-corrected chi connectivity index (χ4v) is 17.8. The number of H-pyrrole nitrogens is 4. The first-order valence-corrected chi connectivity index (χ1v) is 49.8. The molecule has 12 N–H and O–H groups in total. The number of fused-ring (bicyclic) bond motifs is 4. The van der Waals surface area contributed by atoms with E-state index in [1.165, 1.54) is 0 Å². The molecule has 4 aliphatic rings. The van der Waals surface area contributed by atoms with Crippen molar-refractivity contribution in [3.05, 3.63) is 193 Å². The van der Waals surface area contributed by atoms with Crippen LogP contribution in [0.25, 0.3) is 43.6 Å². The van der Waals surface area contributed by atoms with E-state index in [1.54, 1.807) is 122 Å². The van der Waals surface area contributed by atoms with E-state index in [0.717, 1.165) is 115 Å². The molecule has 0 spiro atoms. The van der Waals surface area contributed by atoms with Gasteiger partial charge in [-0.05, 0) is 201 Å². The second-order valence-corrected chi connectivity index (χ2v) is 40.2. The summed E-state index contributed by atoms with van der Waals surface area (Å²) in [6, 6.07) is 44.6. The van der Waals surface area contributed by atoms with Crippen LogP contribution in [0, 0.1) is 0 Å². The van der Waals surface area contributed by atoms with Crippen LogP contribution >= 0.6 is 0 Å². The van der Waals surface area contributed by atoms with Gasteiger partial charge in [-0.1, -0.05) is 0 Å². The number of piperazine rings is 4. The standard InChI is InChI=1S/4C22H28N6O3S/c4*1-15(2)24-19-5-4-8-23-21(19)27-9-11-28(12-10-27)22(29)20-14-16-13-17(26-32(3,30)31)6-7-18(16)25-20/h4*4-8,13-15,24-26H,9-12H2,1-3H3. The topological polar surface area (TPSA) is 442 Å². The Labute approximate surface area is 746 Å². The lowest BCUT2D eigenvalue weighted by Crippen LogP contribution is -2.49. The minimum atomic E-state index is -3.36. The van der Waals surface area contributed by atoms with Gasteiger partial charge in [0.2, 0.25) is 40.1 Å². The van der Waals surface area contributed by atoms with Crippen molar-refractivity contribution in [3.63, 3.8) is 0 Å². The number of aromatic nitrogens is 8. The number of pyridine rings is 4. The van der Waals surface area contributed by atoms with Gasteiger partial charge in [0.25, 0.3) is 23.6 Å². The first-order chi connectivity index (χ1) is 60.8. The zero-order valence-electron chi connectivity index (χ0n) is 73.7. The summed E-state index contributed by atoms with van der Waals surface area (Å²) in [6.45, 7) is 27.0. The van der Waals surface area contributed by atoms with Crippen molar-refractivity contribution in [1.82, 2.24) is 59.5 Å². The normalized spacial score (nSPS) is 14.8. The first kappa shape index (κ1) is 92.6. The molecule has 0 atom stereocenters. The summed E-state index contributed by atoms with van der Waals surface area (Å²) < 4.78 is 102. The van der Waals surface area contributed by atoms with Gasteiger partial charge in [0.05, 0.1) is 47.8 Å². The van der Waals surface area contributed by atoms with Gasteiger partial charge in [0, 0.05) is 220 Å². The quantitative estimate of drug-likeness (QED) is 0.0267. The Bertz CT molecular complexity index is 5690. The van der Waals surface area contributed by atoms with E-state index >= 15 is 0 Å². The molecule has 8 aromatic heterocycles. The van der Waals surface area contributed by atoms with Crippen LogP contribution < -0.4 is 59.8 Å². The molecule has 4 aromatic carbocycles. The van der Waals surface area contributed by atoms with E-state index in [0.29, 0.717) is 174 Å². The number of benzene rings is 4. The summed E-state index contributed by atoms with van der Waals surface area (Å²) in [5.41, 5.74) is 10.9. The summed E-state index contributed by atoms with van der Waals surface area (Å²) in [7, 11) is -13.4. The highest BCUT2D eigenvalue weighted by Gasteiger charge is 2.31. The number of nitrogens with zero attached hydrogens (tertiary/aromatic N) is 12. The molecule has 0 aliphatic carbocycles. The monoisotopic (exact) mass is 1820 g/mol. The fourth-order valence-electron chi connectivity index (χ4n) is 15.6. The third-order valence-corrected chi connectivity index (χ3v) is 23.4. The Kier molecular flexibility index (Phi) is 28.8. The van der Waals surface area contributed by atoms with Gasteiger partial charge in [-0.25, -0.2) is 53.6 Å². The number of rotatable bonds is 24. The molecule has 128 heavy (non-hydrogen) atoms. The molecule has 0 saturated carbocycles. The number of aromatic amines is 4.